The molecule has 6 nitrogen and oxygen atoms in total. The minimum Gasteiger partial charge on any atom is -0.342 e. The lowest BCUT2D eigenvalue weighted by molar-refractivity contribution is -0.130. The SMILES string of the molecule is Cc1cc(C)n([C@H](C)C(=O)N[C@@H]2CCCN(c3ccccc3)C2=O)n1. The van der Waals surface area contributed by atoms with Gasteiger partial charge < -0.3 is 10.2 Å². The maximum atomic E-state index is 12.8. The van der Waals surface area contributed by atoms with Crippen molar-refractivity contribution in [1.29, 1.82) is 0 Å². The van der Waals surface area contributed by atoms with E-state index in [4.69, 9.17) is 0 Å². The molecule has 1 aromatic heterocycles. The number of hydrogen-bond donors (Lipinski definition) is 1. The molecule has 0 spiro atoms. The lowest BCUT2D eigenvalue weighted by atomic mass is 10.0. The quantitative estimate of drug-likeness (QED) is 0.929. The lowest BCUT2D eigenvalue weighted by Gasteiger charge is -2.33. The Bertz CT molecular complexity index is 769. The molecule has 0 radical (unpaired) electrons. The van der Waals surface area contributed by atoms with Crippen LogP contribution in [0.4, 0.5) is 5.69 Å². The molecular weight excluding hydrogens is 316 g/mol. The van der Waals surface area contributed by atoms with E-state index >= 15 is 0 Å². The maximum Gasteiger partial charge on any atom is 0.249 e. The van der Waals surface area contributed by atoms with Gasteiger partial charge in [0.15, 0.2) is 0 Å². The van der Waals surface area contributed by atoms with Crippen LogP contribution in [-0.2, 0) is 9.59 Å². The van der Waals surface area contributed by atoms with E-state index in [0.717, 1.165) is 23.5 Å². The smallest absolute Gasteiger partial charge is 0.249 e. The fourth-order valence-corrected chi connectivity index (χ4v) is 3.32. The van der Waals surface area contributed by atoms with Gasteiger partial charge in [-0.1, -0.05) is 18.2 Å². The number of aromatic nitrogens is 2. The average Bonchev–Trinajstić information content (AvgIpc) is 2.95. The van der Waals surface area contributed by atoms with Gasteiger partial charge >= 0.3 is 0 Å². The van der Waals surface area contributed by atoms with Crippen molar-refractivity contribution >= 4 is 17.5 Å². The zero-order valence-corrected chi connectivity index (χ0v) is 14.9. The van der Waals surface area contributed by atoms with Crippen LogP contribution in [0.2, 0.25) is 0 Å². The number of nitrogens with one attached hydrogen (secondary N) is 1. The molecule has 3 rings (SSSR count). The average molecular weight is 340 g/mol. The second kappa shape index (κ2) is 7.09. The molecule has 0 unspecified atom stereocenters. The number of benzene rings is 1. The Morgan fingerprint density at radius 3 is 2.64 bits per heavy atom. The highest BCUT2D eigenvalue weighted by molar-refractivity contribution is 6.00. The Morgan fingerprint density at radius 2 is 2.00 bits per heavy atom. The standard InChI is InChI=1S/C19H24N4O2/c1-13-12-14(2)23(21-13)15(3)18(24)20-17-10-7-11-22(19(17)25)16-8-5-4-6-9-16/h4-6,8-9,12,15,17H,7,10-11H2,1-3H3,(H,20,24)/t15-,17-/m1/s1. The van der Waals surface area contributed by atoms with E-state index in [0.29, 0.717) is 13.0 Å². The number of piperidine rings is 1. The number of anilines is 1. The van der Waals surface area contributed by atoms with Crippen molar-refractivity contribution in [3.8, 4) is 0 Å². The van der Waals surface area contributed by atoms with Crippen molar-refractivity contribution < 1.29 is 9.59 Å². The van der Waals surface area contributed by atoms with Gasteiger partial charge in [0.05, 0.1) is 5.69 Å². The topological polar surface area (TPSA) is 67.2 Å². The van der Waals surface area contributed by atoms with E-state index < -0.39 is 12.1 Å². The van der Waals surface area contributed by atoms with Gasteiger partial charge in [-0.25, -0.2) is 0 Å². The predicted molar refractivity (Wildman–Crippen MR) is 96.4 cm³/mol. The van der Waals surface area contributed by atoms with Gasteiger partial charge in [-0.2, -0.15) is 5.10 Å². The summed E-state index contributed by atoms with van der Waals surface area (Å²) in [5.41, 5.74) is 2.68. The molecule has 1 fully saturated rings. The zero-order chi connectivity index (χ0) is 18.0. The number of hydrogen-bond acceptors (Lipinski definition) is 3. The summed E-state index contributed by atoms with van der Waals surface area (Å²) in [6.07, 6.45) is 1.53. The lowest BCUT2D eigenvalue weighted by Crippen LogP contribution is -2.53. The highest BCUT2D eigenvalue weighted by atomic mass is 16.2. The van der Waals surface area contributed by atoms with Crippen molar-refractivity contribution in [2.75, 3.05) is 11.4 Å². The Kier molecular flexibility index (Phi) is 4.88. The Hall–Kier alpha value is -2.63. The molecule has 2 atom stereocenters. The number of carbonyl (C=O) groups is 2. The fourth-order valence-electron chi connectivity index (χ4n) is 3.32. The van der Waals surface area contributed by atoms with E-state index in [-0.39, 0.29) is 11.8 Å². The Labute approximate surface area is 147 Å². The van der Waals surface area contributed by atoms with Crippen LogP contribution in [0.25, 0.3) is 0 Å². The summed E-state index contributed by atoms with van der Waals surface area (Å²) in [4.78, 5) is 27.2. The molecule has 132 valence electrons. The Balaban J connectivity index is 1.70. The molecule has 1 aliphatic rings. The fraction of sp³-hybridized carbons (Fsp3) is 0.421. The molecule has 2 amide bonds. The van der Waals surface area contributed by atoms with Gasteiger partial charge in [0.1, 0.15) is 12.1 Å². The number of aryl methyl sites for hydroxylation is 2. The van der Waals surface area contributed by atoms with E-state index in [1.54, 1.807) is 16.5 Å². The van der Waals surface area contributed by atoms with Crippen LogP contribution in [0, 0.1) is 13.8 Å². The van der Waals surface area contributed by atoms with Gasteiger partial charge in [0.25, 0.3) is 0 Å². The highest BCUT2D eigenvalue weighted by Crippen LogP contribution is 2.21. The molecule has 0 bridgehead atoms. The van der Waals surface area contributed by atoms with Crippen molar-refractivity contribution in [3.05, 3.63) is 47.8 Å². The monoisotopic (exact) mass is 340 g/mol. The second-order valence-corrected chi connectivity index (χ2v) is 6.58. The van der Waals surface area contributed by atoms with Crippen LogP contribution in [0.1, 0.15) is 37.2 Å². The zero-order valence-electron chi connectivity index (χ0n) is 14.9. The Morgan fingerprint density at radius 1 is 1.28 bits per heavy atom. The third-order valence-corrected chi connectivity index (χ3v) is 4.61. The molecule has 1 saturated heterocycles. The summed E-state index contributed by atoms with van der Waals surface area (Å²) in [6.45, 7) is 6.31. The van der Waals surface area contributed by atoms with Gasteiger partial charge in [0.2, 0.25) is 11.8 Å². The first-order valence-corrected chi connectivity index (χ1v) is 8.67. The minimum atomic E-state index is -0.485. The van der Waals surface area contributed by atoms with Crippen molar-refractivity contribution in [2.24, 2.45) is 0 Å². The molecule has 1 aromatic carbocycles. The minimum absolute atomic E-state index is 0.0497. The van der Waals surface area contributed by atoms with Gasteiger partial charge in [0, 0.05) is 17.9 Å². The van der Waals surface area contributed by atoms with Crippen LogP contribution >= 0.6 is 0 Å². The van der Waals surface area contributed by atoms with E-state index in [1.807, 2.05) is 50.2 Å². The van der Waals surface area contributed by atoms with Crippen molar-refractivity contribution in [1.82, 2.24) is 15.1 Å². The van der Waals surface area contributed by atoms with E-state index in [1.165, 1.54) is 0 Å². The largest absolute Gasteiger partial charge is 0.342 e. The predicted octanol–water partition coefficient (Wildman–Crippen LogP) is 2.37. The van der Waals surface area contributed by atoms with Gasteiger partial charge in [-0.15, -0.1) is 0 Å². The number of para-hydroxylation sites is 1. The molecule has 2 aromatic rings. The summed E-state index contributed by atoms with van der Waals surface area (Å²) in [5, 5.41) is 7.28. The summed E-state index contributed by atoms with van der Waals surface area (Å²) >= 11 is 0. The van der Waals surface area contributed by atoms with Crippen LogP contribution in [0.15, 0.2) is 36.4 Å². The van der Waals surface area contributed by atoms with Crippen molar-refractivity contribution in [3.63, 3.8) is 0 Å². The molecule has 6 heteroatoms. The van der Waals surface area contributed by atoms with E-state index in [9.17, 15) is 9.59 Å². The number of amides is 2. The summed E-state index contributed by atoms with van der Waals surface area (Å²) in [7, 11) is 0. The third-order valence-electron chi connectivity index (χ3n) is 4.61. The molecule has 25 heavy (non-hydrogen) atoms. The maximum absolute atomic E-state index is 12.8. The normalized spacial score (nSPS) is 18.9. The first-order valence-electron chi connectivity index (χ1n) is 8.67. The summed E-state index contributed by atoms with van der Waals surface area (Å²) in [6, 6.07) is 10.6. The first kappa shape index (κ1) is 17.2. The van der Waals surface area contributed by atoms with Gasteiger partial charge in [-0.3, -0.25) is 14.3 Å². The highest BCUT2D eigenvalue weighted by Gasteiger charge is 2.32. The van der Waals surface area contributed by atoms with Gasteiger partial charge in [-0.05, 0) is 51.8 Å². The van der Waals surface area contributed by atoms with Crippen molar-refractivity contribution in [2.45, 2.75) is 45.7 Å². The molecule has 1 aliphatic heterocycles. The van der Waals surface area contributed by atoms with E-state index in [2.05, 4.69) is 10.4 Å². The molecule has 2 heterocycles. The molecule has 0 aliphatic carbocycles. The summed E-state index contributed by atoms with van der Waals surface area (Å²) in [5.74, 6) is -0.231. The molecular formula is C19H24N4O2. The van der Waals surface area contributed by atoms with Crippen LogP contribution < -0.4 is 10.2 Å². The second-order valence-electron chi connectivity index (χ2n) is 6.58. The number of rotatable bonds is 4. The number of nitrogens with zero attached hydrogens (tertiary/aromatic N) is 3. The van der Waals surface area contributed by atoms with Crippen LogP contribution in [-0.4, -0.2) is 34.2 Å². The van der Waals surface area contributed by atoms with Crippen LogP contribution in [0.3, 0.4) is 0 Å². The molecule has 1 N–H and O–H groups in total. The van der Waals surface area contributed by atoms with Crippen LogP contribution in [0.5, 0.6) is 0 Å². The third kappa shape index (κ3) is 3.57. The number of carbonyl (C=O) groups excluding carboxylic acids is 2. The first-order chi connectivity index (χ1) is 12.0. The summed E-state index contributed by atoms with van der Waals surface area (Å²) < 4.78 is 1.70. The molecule has 0 saturated carbocycles.